The van der Waals surface area contributed by atoms with Crippen LogP contribution in [0.2, 0.25) is 0 Å². The molecule has 0 aliphatic rings. The van der Waals surface area contributed by atoms with Crippen LogP contribution in [-0.4, -0.2) is 21.0 Å². The molecular formula is C11H7F3N2O2. The van der Waals surface area contributed by atoms with E-state index < -0.39 is 23.4 Å². The molecule has 7 heteroatoms. The number of nitrogens with zero attached hydrogens (tertiary/aromatic N) is 2. The molecule has 0 aromatic carbocycles. The van der Waals surface area contributed by atoms with Crippen molar-refractivity contribution in [3.8, 4) is 0 Å². The molecule has 0 atom stereocenters. The fraction of sp³-hybridized carbons (Fsp3) is 0.182. The summed E-state index contributed by atoms with van der Waals surface area (Å²) < 4.78 is 38.2. The molecule has 2 aromatic rings. The number of aromatic carboxylic acids is 1. The topological polar surface area (TPSA) is 63.1 Å². The maximum atomic E-state index is 12.7. The Balaban J connectivity index is 2.86. The van der Waals surface area contributed by atoms with E-state index in [9.17, 15) is 18.0 Å². The van der Waals surface area contributed by atoms with Crippen molar-refractivity contribution in [2.45, 2.75) is 13.1 Å². The first-order valence-electron chi connectivity index (χ1n) is 4.87. The minimum atomic E-state index is -4.82. The number of aromatic nitrogens is 2. The number of halogens is 3. The van der Waals surface area contributed by atoms with Gasteiger partial charge >= 0.3 is 12.1 Å². The van der Waals surface area contributed by atoms with Gasteiger partial charge in [0, 0.05) is 11.6 Å². The summed E-state index contributed by atoms with van der Waals surface area (Å²) in [4.78, 5) is 18.1. The van der Waals surface area contributed by atoms with Gasteiger partial charge in [0.2, 0.25) is 0 Å². The van der Waals surface area contributed by atoms with Crippen molar-refractivity contribution >= 4 is 16.9 Å². The van der Waals surface area contributed by atoms with E-state index in [-0.39, 0.29) is 5.52 Å². The summed E-state index contributed by atoms with van der Waals surface area (Å²) >= 11 is 0. The van der Waals surface area contributed by atoms with Gasteiger partial charge in [0.05, 0.1) is 16.8 Å². The number of carboxylic acids is 1. The SMILES string of the molecule is Cc1nccc2cc(C(=O)O)c(C(F)(F)F)nc12. The summed E-state index contributed by atoms with van der Waals surface area (Å²) in [6.45, 7) is 1.51. The zero-order chi connectivity index (χ0) is 13.5. The average molecular weight is 256 g/mol. The summed E-state index contributed by atoms with van der Waals surface area (Å²) in [6, 6.07) is 2.38. The van der Waals surface area contributed by atoms with E-state index in [2.05, 4.69) is 9.97 Å². The second-order valence-corrected chi connectivity index (χ2v) is 3.66. The smallest absolute Gasteiger partial charge is 0.434 e. The highest BCUT2D eigenvalue weighted by molar-refractivity contribution is 5.94. The van der Waals surface area contributed by atoms with Crippen LogP contribution in [0.3, 0.4) is 0 Å². The Morgan fingerprint density at radius 3 is 2.61 bits per heavy atom. The molecule has 2 rings (SSSR count). The number of rotatable bonds is 1. The van der Waals surface area contributed by atoms with Gasteiger partial charge in [-0.2, -0.15) is 13.2 Å². The molecule has 0 unspecified atom stereocenters. The molecule has 0 fully saturated rings. The normalized spacial score (nSPS) is 11.8. The number of hydrogen-bond donors (Lipinski definition) is 1. The van der Waals surface area contributed by atoms with E-state index in [1.54, 1.807) is 0 Å². The fourth-order valence-electron chi connectivity index (χ4n) is 1.62. The summed E-state index contributed by atoms with van der Waals surface area (Å²) in [5.41, 5.74) is -1.90. The maximum Gasteiger partial charge on any atom is 0.434 e. The van der Waals surface area contributed by atoms with E-state index in [1.165, 1.54) is 19.2 Å². The molecule has 0 aliphatic carbocycles. The highest BCUT2D eigenvalue weighted by Crippen LogP contribution is 2.32. The second kappa shape index (κ2) is 3.94. The van der Waals surface area contributed by atoms with Crippen LogP contribution in [0.15, 0.2) is 18.3 Å². The zero-order valence-corrected chi connectivity index (χ0v) is 9.12. The van der Waals surface area contributed by atoms with Gasteiger partial charge in [-0.3, -0.25) is 4.98 Å². The fourth-order valence-corrected chi connectivity index (χ4v) is 1.62. The Hall–Kier alpha value is -2.18. The molecule has 0 spiro atoms. The molecule has 0 aliphatic heterocycles. The first-order valence-corrected chi connectivity index (χ1v) is 4.87. The first kappa shape index (κ1) is 12.3. The van der Waals surface area contributed by atoms with Gasteiger partial charge in [-0.1, -0.05) is 0 Å². The molecule has 0 saturated carbocycles. The molecule has 2 aromatic heterocycles. The predicted molar refractivity (Wildman–Crippen MR) is 56.2 cm³/mol. The van der Waals surface area contributed by atoms with Crippen molar-refractivity contribution in [2.24, 2.45) is 0 Å². The molecule has 0 radical (unpaired) electrons. The molecule has 2 heterocycles. The maximum absolute atomic E-state index is 12.7. The minimum absolute atomic E-state index is 0.0508. The third-order valence-electron chi connectivity index (χ3n) is 2.42. The van der Waals surface area contributed by atoms with Gasteiger partial charge in [-0.05, 0) is 19.1 Å². The number of carbonyl (C=O) groups is 1. The molecule has 0 bridgehead atoms. The van der Waals surface area contributed by atoms with Crippen molar-refractivity contribution in [2.75, 3.05) is 0 Å². The molecule has 0 amide bonds. The van der Waals surface area contributed by atoms with E-state index in [4.69, 9.17) is 5.11 Å². The Morgan fingerprint density at radius 1 is 1.39 bits per heavy atom. The van der Waals surface area contributed by atoms with Crippen LogP contribution in [0.4, 0.5) is 13.2 Å². The third-order valence-corrected chi connectivity index (χ3v) is 2.42. The van der Waals surface area contributed by atoms with Crippen molar-refractivity contribution in [1.82, 2.24) is 9.97 Å². The van der Waals surface area contributed by atoms with Crippen LogP contribution < -0.4 is 0 Å². The lowest BCUT2D eigenvalue weighted by Crippen LogP contribution is -2.15. The summed E-state index contributed by atoms with van der Waals surface area (Å²) in [6.07, 6.45) is -3.43. The van der Waals surface area contributed by atoms with Crippen molar-refractivity contribution < 1.29 is 23.1 Å². The predicted octanol–water partition coefficient (Wildman–Crippen LogP) is 2.66. The second-order valence-electron chi connectivity index (χ2n) is 3.66. The molecule has 0 saturated heterocycles. The largest absolute Gasteiger partial charge is 0.478 e. The zero-order valence-electron chi connectivity index (χ0n) is 9.12. The number of hydrogen-bond acceptors (Lipinski definition) is 3. The summed E-state index contributed by atoms with van der Waals surface area (Å²) in [7, 11) is 0. The molecule has 4 nitrogen and oxygen atoms in total. The summed E-state index contributed by atoms with van der Waals surface area (Å²) in [5.74, 6) is -1.66. The van der Waals surface area contributed by atoms with Gasteiger partial charge in [-0.25, -0.2) is 9.78 Å². The monoisotopic (exact) mass is 256 g/mol. The van der Waals surface area contributed by atoms with Gasteiger partial charge in [0.25, 0.3) is 0 Å². The highest BCUT2D eigenvalue weighted by Gasteiger charge is 2.37. The Morgan fingerprint density at radius 2 is 2.06 bits per heavy atom. The number of aryl methyl sites for hydroxylation is 1. The third kappa shape index (κ3) is 1.99. The van der Waals surface area contributed by atoms with Crippen LogP contribution in [-0.2, 0) is 6.18 Å². The highest BCUT2D eigenvalue weighted by atomic mass is 19.4. The van der Waals surface area contributed by atoms with Crippen LogP contribution in [0, 0.1) is 6.92 Å². The number of carboxylic acid groups (broad SMARTS) is 1. The molecule has 18 heavy (non-hydrogen) atoms. The Kier molecular flexibility index (Phi) is 2.68. The number of alkyl halides is 3. The number of fused-ring (bicyclic) bond motifs is 1. The lowest BCUT2D eigenvalue weighted by atomic mass is 10.1. The van der Waals surface area contributed by atoms with Gasteiger partial charge in [0.1, 0.15) is 0 Å². The van der Waals surface area contributed by atoms with Gasteiger partial charge < -0.3 is 5.11 Å². The standard InChI is InChI=1S/C11H7F3N2O2/c1-5-8-6(2-3-15-5)4-7(10(17)18)9(16-8)11(12,13)14/h2-4H,1H3,(H,17,18). The van der Waals surface area contributed by atoms with Crippen LogP contribution in [0.1, 0.15) is 21.7 Å². The average Bonchev–Trinajstić information content (AvgIpc) is 2.26. The number of pyridine rings is 2. The lowest BCUT2D eigenvalue weighted by molar-refractivity contribution is -0.141. The molecule has 94 valence electrons. The van der Waals surface area contributed by atoms with E-state index in [0.717, 1.165) is 6.07 Å². The van der Waals surface area contributed by atoms with Crippen LogP contribution in [0.5, 0.6) is 0 Å². The van der Waals surface area contributed by atoms with Crippen LogP contribution >= 0.6 is 0 Å². The lowest BCUT2D eigenvalue weighted by Gasteiger charge is -2.11. The van der Waals surface area contributed by atoms with Crippen molar-refractivity contribution in [1.29, 1.82) is 0 Å². The quantitative estimate of drug-likeness (QED) is 0.851. The first-order chi connectivity index (χ1) is 8.30. The van der Waals surface area contributed by atoms with E-state index in [0.29, 0.717) is 11.1 Å². The summed E-state index contributed by atoms with van der Waals surface area (Å²) in [5, 5.41) is 9.11. The van der Waals surface area contributed by atoms with Crippen LogP contribution in [0.25, 0.3) is 10.9 Å². The van der Waals surface area contributed by atoms with Crippen molar-refractivity contribution in [3.63, 3.8) is 0 Å². The molecular weight excluding hydrogens is 249 g/mol. The van der Waals surface area contributed by atoms with Gasteiger partial charge in [0.15, 0.2) is 5.69 Å². The van der Waals surface area contributed by atoms with Gasteiger partial charge in [-0.15, -0.1) is 0 Å². The minimum Gasteiger partial charge on any atom is -0.478 e. The Bertz CT molecular complexity index is 638. The van der Waals surface area contributed by atoms with E-state index >= 15 is 0 Å². The molecule has 1 N–H and O–H groups in total. The van der Waals surface area contributed by atoms with E-state index in [1.807, 2.05) is 0 Å². The van der Waals surface area contributed by atoms with Crippen molar-refractivity contribution in [3.05, 3.63) is 35.3 Å². The Labute approximate surface area is 99.1 Å².